The summed E-state index contributed by atoms with van der Waals surface area (Å²) in [6.45, 7) is 3.00. The SMILES string of the molecule is Cc1ccc2c(c1)CCC(C1CO1)O2. The van der Waals surface area contributed by atoms with Gasteiger partial charge in [-0.15, -0.1) is 0 Å². The van der Waals surface area contributed by atoms with Gasteiger partial charge in [-0.1, -0.05) is 17.7 Å². The molecule has 2 nitrogen and oxygen atoms in total. The predicted octanol–water partition coefficient (Wildman–Crippen LogP) is 2.09. The standard InChI is InChI=1S/C12H14O2/c1-8-2-4-10-9(6-8)3-5-11(14-10)12-7-13-12/h2,4,6,11-12H,3,5,7H2,1H3. The highest BCUT2D eigenvalue weighted by Gasteiger charge is 2.36. The van der Waals surface area contributed by atoms with Gasteiger partial charge in [-0.3, -0.25) is 0 Å². The molecular formula is C12H14O2. The number of benzene rings is 1. The molecular weight excluding hydrogens is 176 g/mol. The third-order valence-corrected chi connectivity index (χ3v) is 2.97. The first-order valence-electron chi connectivity index (χ1n) is 5.21. The van der Waals surface area contributed by atoms with Gasteiger partial charge in [0.25, 0.3) is 0 Å². The summed E-state index contributed by atoms with van der Waals surface area (Å²) in [5.74, 6) is 1.06. The Kier molecular flexibility index (Phi) is 1.77. The minimum Gasteiger partial charge on any atom is -0.487 e. The van der Waals surface area contributed by atoms with E-state index in [0.717, 1.165) is 25.2 Å². The minimum absolute atomic E-state index is 0.296. The van der Waals surface area contributed by atoms with Crippen molar-refractivity contribution in [1.82, 2.24) is 0 Å². The average molecular weight is 190 g/mol. The van der Waals surface area contributed by atoms with Crippen LogP contribution in [0.5, 0.6) is 5.75 Å². The van der Waals surface area contributed by atoms with Crippen molar-refractivity contribution in [2.45, 2.75) is 32.0 Å². The van der Waals surface area contributed by atoms with Gasteiger partial charge in [0, 0.05) is 0 Å². The first-order valence-corrected chi connectivity index (χ1v) is 5.21. The Labute approximate surface area is 83.8 Å². The van der Waals surface area contributed by atoms with Crippen LogP contribution in [0, 0.1) is 6.92 Å². The third kappa shape index (κ3) is 1.40. The molecule has 0 bridgehead atoms. The van der Waals surface area contributed by atoms with Crippen LogP contribution in [0.2, 0.25) is 0 Å². The number of fused-ring (bicyclic) bond motifs is 1. The Morgan fingerprint density at radius 2 is 2.14 bits per heavy atom. The molecule has 1 aromatic carbocycles. The molecule has 14 heavy (non-hydrogen) atoms. The molecule has 1 fully saturated rings. The fraction of sp³-hybridized carbons (Fsp3) is 0.500. The fourth-order valence-electron chi connectivity index (χ4n) is 2.07. The monoisotopic (exact) mass is 190 g/mol. The molecule has 0 aliphatic carbocycles. The fourth-order valence-corrected chi connectivity index (χ4v) is 2.07. The summed E-state index contributed by atoms with van der Waals surface area (Å²) in [6, 6.07) is 6.41. The number of hydrogen-bond acceptors (Lipinski definition) is 2. The topological polar surface area (TPSA) is 21.8 Å². The lowest BCUT2D eigenvalue weighted by atomic mass is 9.99. The number of ether oxygens (including phenoxy) is 2. The summed E-state index contributed by atoms with van der Waals surface area (Å²) in [7, 11) is 0. The Morgan fingerprint density at radius 3 is 2.93 bits per heavy atom. The van der Waals surface area contributed by atoms with E-state index >= 15 is 0 Å². The van der Waals surface area contributed by atoms with E-state index in [0.29, 0.717) is 12.2 Å². The third-order valence-electron chi connectivity index (χ3n) is 2.97. The number of rotatable bonds is 1. The second-order valence-electron chi connectivity index (χ2n) is 4.18. The molecule has 74 valence electrons. The van der Waals surface area contributed by atoms with Crippen LogP contribution in [0.25, 0.3) is 0 Å². The van der Waals surface area contributed by atoms with Crippen LogP contribution in [0.3, 0.4) is 0 Å². The Bertz CT molecular complexity index is 355. The maximum absolute atomic E-state index is 5.89. The average Bonchev–Trinajstić information content (AvgIpc) is 3.00. The lowest BCUT2D eigenvalue weighted by Crippen LogP contribution is -2.27. The van der Waals surface area contributed by atoms with Gasteiger partial charge in [0.1, 0.15) is 18.0 Å². The van der Waals surface area contributed by atoms with E-state index in [1.54, 1.807) is 0 Å². The van der Waals surface area contributed by atoms with E-state index in [1.165, 1.54) is 11.1 Å². The minimum atomic E-state index is 0.296. The summed E-state index contributed by atoms with van der Waals surface area (Å²) in [5, 5.41) is 0. The molecule has 1 aromatic rings. The zero-order valence-electron chi connectivity index (χ0n) is 8.32. The molecule has 2 aliphatic heterocycles. The van der Waals surface area contributed by atoms with Crippen LogP contribution < -0.4 is 4.74 Å². The Morgan fingerprint density at radius 1 is 1.29 bits per heavy atom. The van der Waals surface area contributed by atoms with Gasteiger partial charge in [0.05, 0.1) is 6.61 Å². The molecule has 2 aliphatic rings. The molecule has 0 spiro atoms. The van der Waals surface area contributed by atoms with Crippen LogP contribution in [0.4, 0.5) is 0 Å². The highest BCUT2D eigenvalue weighted by molar-refractivity contribution is 5.38. The van der Waals surface area contributed by atoms with E-state index in [2.05, 4.69) is 25.1 Å². The van der Waals surface area contributed by atoms with Crippen LogP contribution in [-0.2, 0) is 11.2 Å². The molecule has 0 saturated carbocycles. The maximum atomic E-state index is 5.89. The van der Waals surface area contributed by atoms with Gasteiger partial charge in [0.15, 0.2) is 0 Å². The smallest absolute Gasteiger partial charge is 0.127 e. The molecule has 2 atom stereocenters. The molecule has 0 amide bonds. The van der Waals surface area contributed by atoms with Crippen molar-refractivity contribution < 1.29 is 9.47 Å². The molecule has 2 heteroatoms. The van der Waals surface area contributed by atoms with Crippen molar-refractivity contribution in [1.29, 1.82) is 0 Å². The van der Waals surface area contributed by atoms with E-state index in [-0.39, 0.29) is 0 Å². The second kappa shape index (κ2) is 2.99. The van der Waals surface area contributed by atoms with Crippen molar-refractivity contribution in [3.63, 3.8) is 0 Å². The van der Waals surface area contributed by atoms with E-state index < -0.39 is 0 Å². The Hall–Kier alpha value is -1.02. The molecule has 3 rings (SSSR count). The summed E-state index contributed by atoms with van der Waals surface area (Å²) >= 11 is 0. The van der Waals surface area contributed by atoms with Gasteiger partial charge in [-0.25, -0.2) is 0 Å². The van der Waals surface area contributed by atoms with Gasteiger partial charge in [-0.2, -0.15) is 0 Å². The molecule has 1 saturated heterocycles. The van der Waals surface area contributed by atoms with Crippen LogP contribution in [0.1, 0.15) is 17.5 Å². The van der Waals surface area contributed by atoms with Crippen molar-refractivity contribution in [2.75, 3.05) is 6.61 Å². The largest absolute Gasteiger partial charge is 0.487 e. The lowest BCUT2D eigenvalue weighted by molar-refractivity contribution is 0.136. The predicted molar refractivity (Wildman–Crippen MR) is 53.7 cm³/mol. The van der Waals surface area contributed by atoms with E-state index in [1.807, 2.05) is 0 Å². The number of hydrogen-bond donors (Lipinski definition) is 0. The summed E-state index contributed by atoms with van der Waals surface area (Å²) in [5.41, 5.74) is 2.66. The first-order chi connectivity index (χ1) is 6.83. The van der Waals surface area contributed by atoms with E-state index in [4.69, 9.17) is 9.47 Å². The molecule has 0 N–H and O–H groups in total. The Balaban J connectivity index is 1.86. The van der Waals surface area contributed by atoms with E-state index in [9.17, 15) is 0 Å². The van der Waals surface area contributed by atoms with Crippen molar-refractivity contribution in [3.05, 3.63) is 29.3 Å². The highest BCUT2D eigenvalue weighted by atomic mass is 16.6. The summed E-state index contributed by atoms with van der Waals surface area (Å²) < 4.78 is 11.1. The van der Waals surface area contributed by atoms with Gasteiger partial charge in [0.2, 0.25) is 0 Å². The molecule has 2 heterocycles. The van der Waals surface area contributed by atoms with Crippen LogP contribution in [0.15, 0.2) is 18.2 Å². The zero-order chi connectivity index (χ0) is 9.54. The lowest BCUT2D eigenvalue weighted by Gasteiger charge is -2.25. The highest BCUT2D eigenvalue weighted by Crippen LogP contribution is 2.32. The van der Waals surface area contributed by atoms with Crippen molar-refractivity contribution in [2.24, 2.45) is 0 Å². The van der Waals surface area contributed by atoms with Gasteiger partial charge < -0.3 is 9.47 Å². The van der Waals surface area contributed by atoms with Gasteiger partial charge in [-0.05, 0) is 31.4 Å². The first kappa shape index (κ1) is 8.30. The zero-order valence-corrected chi connectivity index (χ0v) is 8.32. The quantitative estimate of drug-likeness (QED) is 0.632. The van der Waals surface area contributed by atoms with Crippen molar-refractivity contribution in [3.8, 4) is 5.75 Å². The van der Waals surface area contributed by atoms with Crippen LogP contribution >= 0.6 is 0 Å². The second-order valence-corrected chi connectivity index (χ2v) is 4.18. The molecule has 0 aromatic heterocycles. The van der Waals surface area contributed by atoms with Crippen LogP contribution in [-0.4, -0.2) is 18.8 Å². The molecule has 0 radical (unpaired) electrons. The number of aryl methyl sites for hydroxylation is 2. The summed E-state index contributed by atoms with van der Waals surface area (Å²) in [4.78, 5) is 0. The normalized spacial score (nSPS) is 29.2. The van der Waals surface area contributed by atoms with Gasteiger partial charge >= 0.3 is 0 Å². The molecule has 2 unspecified atom stereocenters. The maximum Gasteiger partial charge on any atom is 0.127 e. The van der Waals surface area contributed by atoms with Crippen molar-refractivity contribution >= 4 is 0 Å². The summed E-state index contributed by atoms with van der Waals surface area (Å²) in [6.07, 6.45) is 2.89. The number of epoxide rings is 1.